The molecule has 1 unspecified atom stereocenters. The summed E-state index contributed by atoms with van der Waals surface area (Å²) in [6.07, 6.45) is 3.06. The molecule has 1 rings (SSSR count). The summed E-state index contributed by atoms with van der Waals surface area (Å²) < 4.78 is 0.884. The summed E-state index contributed by atoms with van der Waals surface area (Å²) in [5.74, 6) is 1.03. The number of anilines is 1. The molecule has 100 valence electrons. The highest BCUT2D eigenvalue weighted by atomic mass is 79.9. The molecule has 0 bridgehead atoms. The van der Waals surface area contributed by atoms with E-state index in [-0.39, 0.29) is 11.9 Å². The predicted molar refractivity (Wildman–Crippen MR) is 83.1 cm³/mol. The molecule has 0 aliphatic heterocycles. The fourth-order valence-corrected chi connectivity index (χ4v) is 2.56. The molecule has 0 radical (unpaired) electrons. The number of rotatable bonds is 5. The number of benzene rings is 1. The Labute approximate surface area is 121 Å². The maximum Gasteiger partial charge on any atom is 0.255 e. The lowest BCUT2D eigenvalue weighted by Crippen LogP contribution is -2.35. The number of halogens is 1. The van der Waals surface area contributed by atoms with Crippen molar-refractivity contribution in [3.05, 3.63) is 28.2 Å². The SMILES string of the molecule is CSCCC(C)N(C)C(=O)c1ccc(Br)cc1N. The predicted octanol–water partition coefficient (Wildman–Crippen LogP) is 3.24. The Morgan fingerprint density at radius 2 is 2.22 bits per heavy atom. The molecule has 0 aliphatic carbocycles. The van der Waals surface area contributed by atoms with Crippen LogP contribution in [0, 0.1) is 0 Å². The fourth-order valence-electron chi connectivity index (χ4n) is 1.60. The third kappa shape index (κ3) is 3.92. The van der Waals surface area contributed by atoms with Crippen molar-refractivity contribution >= 4 is 39.3 Å². The van der Waals surface area contributed by atoms with Gasteiger partial charge in [-0.15, -0.1) is 0 Å². The zero-order valence-electron chi connectivity index (χ0n) is 10.9. The molecule has 0 heterocycles. The van der Waals surface area contributed by atoms with Gasteiger partial charge in [-0.05, 0) is 43.6 Å². The van der Waals surface area contributed by atoms with Crippen LogP contribution in [0.4, 0.5) is 5.69 Å². The summed E-state index contributed by atoms with van der Waals surface area (Å²) in [5, 5.41) is 0. The number of hydrogen-bond donors (Lipinski definition) is 1. The third-order valence-electron chi connectivity index (χ3n) is 2.97. The van der Waals surface area contributed by atoms with Crippen LogP contribution in [0.2, 0.25) is 0 Å². The standard InChI is InChI=1S/C13H19BrN2OS/c1-9(6-7-18-3)16(2)13(17)11-5-4-10(14)8-12(11)15/h4-5,8-9H,6-7,15H2,1-3H3. The number of hydrogen-bond acceptors (Lipinski definition) is 3. The molecule has 18 heavy (non-hydrogen) atoms. The Hall–Kier alpha value is -0.680. The van der Waals surface area contributed by atoms with E-state index in [1.165, 1.54) is 0 Å². The van der Waals surface area contributed by atoms with Gasteiger partial charge in [0, 0.05) is 23.2 Å². The lowest BCUT2D eigenvalue weighted by molar-refractivity contribution is 0.0742. The fraction of sp³-hybridized carbons (Fsp3) is 0.462. The first-order chi connectivity index (χ1) is 8.47. The summed E-state index contributed by atoms with van der Waals surface area (Å²) >= 11 is 5.13. The topological polar surface area (TPSA) is 46.3 Å². The smallest absolute Gasteiger partial charge is 0.255 e. The molecule has 1 aromatic rings. The van der Waals surface area contributed by atoms with Crippen molar-refractivity contribution in [3.8, 4) is 0 Å². The maximum atomic E-state index is 12.3. The largest absolute Gasteiger partial charge is 0.398 e. The molecule has 0 aliphatic rings. The first kappa shape index (κ1) is 15.4. The molecule has 1 aromatic carbocycles. The highest BCUT2D eigenvalue weighted by molar-refractivity contribution is 9.10. The second-order valence-corrected chi connectivity index (χ2v) is 6.18. The molecule has 1 amide bonds. The van der Waals surface area contributed by atoms with Gasteiger partial charge < -0.3 is 10.6 Å². The van der Waals surface area contributed by atoms with Crippen molar-refractivity contribution in [1.29, 1.82) is 0 Å². The van der Waals surface area contributed by atoms with Crippen LogP contribution >= 0.6 is 27.7 Å². The van der Waals surface area contributed by atoms with Gasteiger partial charge in [0.05, 0.1) is 5.56 Å². The molecule has 0 spiro atoms. The average Bonchev–Trinajstić information content (AvgIpc) is 2.34. The van der Waals surface area contributed by atoms with Crippen molar-refractivity contribution in [2.75, 3.05) is 24.8 Å². The molecule has 5 heteroatoms. The normalized spacial score (nSPS) is 12.2. The van der Waals surface area contributed by atoms with Gasteiger partial charge >= 0.3 is 0 Å². The number of thioether (sulfide) groups is 1. The van der Waals surface area contributed by atoms with Crippen LogP contribution in [-0.4, -0.2) is 35.9 Å². The number of carbonyl (C=O) groups excluding carboxylic acids is 1. The Bertz CT molecular complexity index is 425. The van der Waals surface area contributed by atoms with Crippen LogP contribution in [0.3, 0.4) is 0 Å². The van der Waals surface area contributed by atoms with E-state index in [1.54, 1.807) is 28.8 Å². The van der Waals surface area contributed by atoms with E-state index < -0.39 is 0 Å². The lowest BCUT2D eigenvalue weighted by atomic mass is 10.1. The summed E-state index contributed by atoms with van der Waals surface area (Å²) in [7, 11) is 1.83. The van der Waals surface area contributed by atoms with Gasteiger partial charge in [-0.25, -0.2) is 0 Å². The van der Waals surface area contributed by atoms with Crippen molar-refractivity contribution in [2.45, 2.75) is 19.4 Å². The highest BCUT2D eigenvalue weighted by Gasteiger charge is 2.19. The van der Waals surface area contributed by atoms with E-state index in [0.29, 0.717) is 11.3 Å². The van der Waals surface area contributed by atoms with E-state index in [4.69, 9.17) is 5.73 Å². The van der Waals surface area contributed by atoms with Crippen molar-refractivity contribution < 1.29 is 4.79 Å². The van der Waals surface area contributed by atoms with Crippen LogP contribution in [0.5, 0.6) is 0 Å². The molecular formula is C13H19BrN2OS. The second-order valence-electron chi connectivity index (χ2n) is 4.28. The van der Waals surface area contributed by atoms with E-state index in [1.807, 2.05) is 13.1 Å². The monoisotopic (exact) mass is 330 g/mol. The lowest BCUT2D eigenvalue weighted by Gasteiger charge is -2.25. The first-order valence-electron chi connectivity index (χ1n) is 5.78. The van der Waals surface area contributed by atoms with E-state index >= 15 is 0 Å². The number of nitrogen functional groups attached to an aromatic ring is 1. The molecule has 0 saturated heterocycles. The molecule has 1 atom stereocenters. The summed E-state index contributed by atoms with van der Waals surface area (Å²) in [4.78, 5) is 14.1. The first-order valence-corrected chi connectivity index (χ1v) is 7.97. The van der Waals surface area contributed by atoms with Crippen LogP contribution < -0.4 is 5.73 Å². The quantitative estimate of drug-likeness (QED) is 0.843. The number of nitrogens with two attached hydrogens (primary N) is 1. The summed E-state index contributed by atoms with van der Waals surface area (Å²) in [6.45, 7) is 2.06. The number of amides is 1. The summed E-state index contributed by atoms with van der Waals surface area (Å²) in [6, 6.07) is 5.57. The van der Waals surface area contributed by atoms with Crippen molar-refractivity contribution in [2.24, 2.45) is 0 Å². The van der Waals surface area contributed by atoms with Crippen LogP contribution in [0.15, 0.2) is 22.7 Å². The molecular weight excluding hydrogens is 312 g/mol. The van der Waals surface area contributed by atoms with Gasteiger partial charge in [-0.2, -0.15) is 11.8 Å². The number of carbonyl (C=O) groups is 1. The van der Waals surface area contributed by atoms with Crippen molar-refractivity contribution in [3.63, 3.8) is 0 Å². The van der Waals surface area contributed by atoms with Crippen LogP contribution in [-0.2, 0) is 0 Å². The van der Waals surface area contributed by atoms with Crippen LogP contribution in [0.25, 0.3) is 0 Å². The van der Waals surface area contributed by atoms with E-state index in [9.17, 15) is 4.79 Å². The Morgan fingerprint density at radius 1 is 1.56 bits per heavy atom. The molecule has 3 nitrogen and oxygen atoms in total. The van der Waals surface area contributed by atoms with E-state index in [2.05, 4.69) is 29.1 Å². The second kappa shape index (κ2) is 7.04. The highest BCUT2D eigenvalue weighted by Crippen LogP contribution is 2.21. The Kier molecular flexibility index (Phi) is 6.02. The van der Waals surface area contributed by atoms with Gasteiger partial charge in [-0.1, -0.05) is 15.9 Å². The summed E-state index contributed by atoms with van der Waals surface area (Å²) in [5.41, 5.74) is 6.96. The van der Waals surface area contributed by atoms with E-state index in [0.717, 1.165) is 16.6 Å². The minimum absolute atomic E-state index is 0.0198. The third-order valence-corrected chi connectivity index (χ3v) is 4.10. The zero-order valence-corrected chi connectivity index (χ0v) is 13.3. The van der Waals surface area contributed by atoms with Gasteiger partial charge in [0.15, 0.2) is 0 Å². The zero-order chi connectivity index (χ0) is 13.7. The minimum Gasteiger partial charge on any atom is -0.398 e. The van der Waals surface area contributed by atoms with Gasteiger partial charge in [0.2, 0.25) is 0 Å². The van der Waals surface area contributed by atoms with Gasteiger partial charge in [-0.3, -0.25) is 4.79 Å². The minimum atomic E-state index is -0.0198. The molecule has 0 saturated carbocycles. The average molecular weight is 331 g/mol. The van der Waals surface area contributed by atoms with Gasteiger partial charge in [0.1, 0.15) is 0 Å². The van der Waals surface area contributed by atoms with Crippen molar-refractivity contribution in [1.82, 2.24) is 4.90 Å². The Balaban J connectivity index is 2.79. The molecule has 0 fully saturated rings. The Morgan fingerprint density at radius 3 is 2.78 bits per heavy atom. The van der Waals surface area contributed by atoms with Crippen LogP contribution in [0.1, 0.15) is 23.7 Å². The molecule has 2 N–H and O–H groups in total. The molecule has 0 aromatic heterocycles. The maximum absolute atomic E-state index is 12.3. The number of nitrogens with zero attached hydrogens (tertiary/aromatic N) is 1. The van der Waals surface area contributed by atoms with Gasteiger partial charge in [0.25, 0.3) is 5.91 Å².